The summed E-state index contributed by atoms with van der Waals surface area (Å²) >= 11 is 8.13. The lowest BCUT2D eigenvalue weighted by atomic mass is 10.1. The summed E-state index contributed by atoms with van der Waals surface area (Å²) in [6.07, 6.45) is -9.07. The van der Waals surface area contributed by atoms with Crippen LogP contribution in [0.1, 0.15) is 33.2 Å². The minimum absolute atomic E-state index is 0.0289. The molecule has 0 spiro atoms. The predicted molar refractivity (Wildman–Crippen MR) is 212 cm³/mol. The van der Waals surface area contributed by atoms with E-state index < -0.39 is 87.8 Å². The van der Waals surface area contributed by atoms with Gasteiger partial charge in [0.15, 0.2) is 58.8 Å². The predicted octanol–water partition coefficient (Wildman–Crippen LogP) is 5.53. The topological polar surface area (TPSA) is 235 Å². The molecule has 2 amide bonds. The lowest BCUT2D eigenvalue weighted by Gasteiger charge is -2.28. The normalized spacial score (nSPS) is 30.9. The molecule has 26 heteroatoms. The van der Waals surface area contributed by atoms with Crippen LogP contribution in [0.2, 0.25) is 0 Å². The highest BCUT2D eigenvalue weighted by Crippen LogP contribution is 2.60. The Morgan fingerprint density at radius 2 is 1.03 bits per heavy atom. The molecule has 60 heavy (non-hydrogen) atoms. The van der Waals surface area contributed by atoms with Gasteiger partial charge in [0.1, 0.15) is 37.1 Å². The Bertz CT molecular complexity index is 2510. The lowest BCUT2D eigenvalue weighted by Crippen LogP contribution is -2.36. The number of anilines is 2. The first-order valence-corrected chi connectivity index (χ1v) is 23.2. The van der Waals surface area contributed by atoms with Crippen molar-refractivity contribution >= 4 is 83.9 Å². The largest absolute Gasteiger partial charge is 0.386 e. The molecule has 4 aromatic heterocycles. The highest BCUT2D eigenvalue weighted by atomic mass is 32.7. The van der Waals surface area contributed by atoms with E-state index in [2.05, 4.69) is 65.0 Å². The van der Waals surface area contributed by atoms with Crippen LogP contribution in [0.15, 0.2) is 86.0 Å². The zero-order chi connectivity index (χ0) is 41.8. The summed E-state index contributed by atoms with van der Waals surface area (Å²) < 4.78 is 96.9. The SMILES string of the molecule is O=C(Nc1ncnc2c1ncn2[C@@H]1O[C@@H]2CO[P@@](=O)(S)O[C@H]3[C@@H](F)[C@H](n4cnc5c(NC(=O)c6ccccc6)ncnc54)O[C@@H]3CO[P@@](=O)(S)O[C@H]2[C@H]1F)c1ccccc1. The number of halogens is 2. The molecule has 3 fully saturated rings. The molecule has 10 atom stereocenters. The van der Waals surface area contributed by atoms with Gasteiger partial charge >= 0.3 is 13.6 Å². The maximum atomic E-state index is 16.5. The van der Waals surface area contributed by atoms with Crippen LogP contribution in [-0.4, -0.2) is 101 Å². The number of ether oxygens (including phenoxy) is 2. The van der Waals surface area contributed by atoms with Gasteiger partial charge in [-0.1, -0.05) is 60.9 Å². The fourth-order valence-corrected chi connectivity index (χ4v) is 9.82. The van der Waals surface area contributed by atoms with Gasteiger partial charge in [-0.05, 0) is 24.3 Å². The zero-order valence-corrected chi connectivity index (χ0v) is 33.9. The first-order chi connectivity index (χ1) is 28.9. The summed E-state index contributed by atoms with van der Waals surface area (Å²) in [5.74, 6) is -0.904. The van der Waals surface area contributed by atoms with Gasteiger partial charge in [0.2, 0.25) is 0 Å². The maximum absolute atomic E-state index is 16.5. The Hall–Kier alpha value is -4.74. The summed E-state index contributed by atoms with van der Waals surface area (Å²) in [5.41, 5.74) is 0.978. The van der Waals surface area contributed by atoms with Crippen molar-refractivity contribution in [1.82, 2.24) is 39.0 Å². The number of aromatic nitrogens is 8. The number of nitrogens with zero attached hydrogens (tertiary/aromatic N) is 8. The van der Waals surface area contributed by atoms with Crippen LogP contribution in [0.5, 0.6) is 0 Å². The molecule has 3 saturated heterocycles. The van der Waals surface area contributed by atoms with E-state index in [-0.39, 0.29) is 34.0 Å². The molecule has 312 valence electrons. The number of carbonyl (C=O) groups is 2. The third kappa shape index (κ3) is 7.95. The molecule has 6 aromatic rings. The van der Waals surface area contributed by atoms with Gasteiger partial charge in [-0.3, -0.25) is 36.8 Å². The summed E-state index contributed by atoms with van der Waals surface area (Å²) in [6, 6.07) is 16.7. The van der Waals surface area contributed by atoms with E-state index in [0.717, 1.165) is 12.7 Å². The van der Waals surface area contributed by atoms with Gasteiger partial charge in [0.05, 0.1) is 25.9 Å². The first-order valence-electron chi connectivity index (χ1n) is 17.8. The fourth-order valence-electron chi connectivity index (χ4n) is 6.86. The first kappa shape index (κ1) is 40.7. The number of amides is 2. The van der Waals surface area contributed by atoms with Crippen molar-refractivity contribution in [2.45, 2.75) is 49.2 Å². The highest BCUT2D eigenvalue weighted by molar-refractivity contribution is 8.44. The smallest absolute Gasteiger partial charge is 0.346 e. The van der Waals surface area contributed by atoms with E-state index in [1.54, 1.807) is 60.7 Å². The number of nitrogens with one attached hydrogen (secondary N) is 2. The number of rotatable bonds is 6. The van der Waals surface area contributed by atoms with Crippen LogP contribution >= 0.6 is 38.1 Å². The quantitative estimate of drug-likeness (QED) is 0.119. The average molecular weight is 903 g/mol. The number of carbonyl (C=O) groups excluding carboxylic acids is 2. The minimum Gasteiger partial charge on any atom is -0.346 e. The van der Waals surface area contributed by atoms with Gasteiger partial charge in [-0.15, -0.1) is 0 Å². The van der Waals surface area contributed by atoms with Crippen molar-refractivity contribution in [2.75, 3.05) is 23.8 Å². The molecule has 9 rings (SSSR count). The number of hydrogen-bond donors (Lipinski definition) is 4. The molecule has 2 N–H and O–H groups in total. The molecule has 7 heterocycles. The third-order valence-electron chi connectivity index (χ3n) is 9.65. The van der Waals surface area contributed by atoms with Crippen LogP contribution in [-0.2, 0) is 36.7 Å². The number of hydrogen-bond acceptors (Lipinski definition) is 16. The number of fused-ring (bicyclic) bond motifs is 4. The Kier molecular flexibility index (Phi) is 11.0. The summed E-state index contributed by atoms with van der Waals surface area (Å²) in [6.45, 7) is -10.5. The van der Waals surface area contributed by atoms with Crippen molar-refractivity contribution in [3.05, 3.63) is 97.1 Å². The van der Waals surface area contributed by atoms with Crippen LogP contribution < -0.4 is 10.6 Å². The van der Waals surface area contributed by atoms with E-state index in [1.807, 2.05) is 0 Å². The number of imidazole rings is 2. The zero-order valence-electron chi connectivity index (χ0n) is 30.3. The van der Waals surface area contributed by atoms with Crippen LogP contribution in [0.25, 0.3) is 22.3 Å². The molecule has 2 aromatic carbocycles. The molecular formula is C34H30F2N10O10P2S2. The molecule has 0 bridgehead atoms. The molecule has 0 radical (unpaired) electrons. The minimum atomic E-state index is -4.52. The number of alkyl halides is 2. The second-order valence-corrected chi connectivity index (χ2v) is 19.2. The number of benzene rings is 2. The summed E-state index contributed by atoms with van der Waals surface area (Å²) in [5, 5.41) is 5.31. The lowest BCUT2D eigenvalue weighted by molar-refractivity contribution is -0.0544. The summed E-state index contributed by atoms with van der Waals surface area (Å²) in [4.78, 5) is 50.9. The van der Waals surface area contributed by atoms with Crippen molar-refractivity contribution in [3.63, 3.8) is 0 Å². The van der Waals surface area contributed by atoms with Gasteiger partial charge in [-0.25, -0.2) is 47.8 Å². The molecule has 0 aliphatic carbocycles. The molecule has 0 saturated carbocycles. The van der Waals surface area contributed by atoms with Gasteiger partial charge in [-0.2, -0.15) is 0 Å². The second-order valence-electron chi connectivity index (χ2n) is 13.4. The Labute approximate surface area is 347 Å². The van der Waals surface area contributed by atoms with E-state index in [0.29, 0.717) is 11.1 Å². The van der Waals surface area contributed by atoms with Crippen molar-refractivity contribution < 1.29 is 55.1 Å². The standard InChI is InChI=1S/C34H30F2N10O10P2S2/c35-21-25-19(53-33(21)45-15-41-23-27(37-13-39-29(23)45)43-31(47)17-7-3-1-4-8-17)11-51-58(50,60)56-26-20(12-52-57(49,59)55-25)54-34(22(26)36)46-16-42-24-28(38-14-40-30(24)46)44-32(48)18-9-5-2-6-10-18/h1-10,13-16,19-22,25-26,33-34H,11-12H2,(H,49,59)(H,50,60)(H,37,39,43,47)(H,38,40,44,48)/t19-,20-,21-,22-,25-,26-,33-,34-,57-,58-/m1/s1. The van der Waals surface area contributed by atoms with E-state index in [1.165, 1.54) is 21.8 Å². The van der Waals surface area contributed by atoms with Crippen LogP contribution in [0, 0.1) is 0 Å². The van der Waals surface area contributed by atoms with E-state index in [4.69, 9.17) is 27.6 Å². The molecule has 3 aliphatic heterocycles. The monoisotopic (exact) mass is 902 g/mol. The van der Waals surface area contributed by atoms with Crippen molar-refractivity contribution in [1.29, 1.82) is 0 Å². The van der Waals surface area contributed by atoms with Crippen LogP contribution in [0.4, 0.5) is 20.4 Å². The Morgan fingerprint density at radius 3 is 1.43 bits per heavy atom. The van der Waals surface area contributed by atoms with Gasteiger partial charge < -0.3 is 20.1 Å². The van der Waals surface area contributed by atoms with Gasteiger partial charge in [0.25, 0.3) is 11.8 Å². The van der Waals surface area contributed by atoms with Crippen LogP contribution in [0.3, 0.4) is 0 Å². The second kappa shape index (κ2) is 16.3. The molecular weight excluding hydrogens is 873 g/mol. The highest BCUT2D eigenvalue weighted by Gasteiger charge is 2.54. The maximum Gasteiger partial charge on any atom is 0.386 e. The average Bonchev–Trinajstić information content (AvgIpc) is 4.01. The molecule has 0 unspecified atom stereocenters. The van der Waals surface area contributed by atoms with Gasteiger partial charge in [0, 0.05) is 11.1 Å². The van der Waals surface area contributed by atoms with E-state index in [9.17, 15) is 18.7 Å². The van der Waals surface area contributed by atoms with E-state index >= 15 is 8.78 Å². The molecule has 20 nitrogen and oxygen atoms in total. The third-order valence-corrected chi connectivity index (χ3v) is 12.9. The Balaban J connectivity index is 0.938. The molecule has 3 aliphatic rings. The van der Waals surface area contributed by atoms with Crippen molar-refractivity contribution in [2.24, 2.45) is 0 Å². The van der Waals surface area contributed by atoms with Crippen molar-refractivity contribution in [3.8, 4) is 0 Å². The fraction of sp³-hybridized carbons (Fsp3) is 0.294. The number of thiol groups is 2. The Morgan fingerprint density at radius 1 is 0.633 bits per heavy atom. The summed E-state index contributed by atoms with van der Waals surface area (Å²) in [7, 11) is 0.